The van der Waals surface area contributed by atoms with E-state index in [-0.39, 0.29) is 6.54 Å². The van der Waals surface area contributed by atoms with Gasteiger partial charge in [-0.3, -0.25) is 0 Å². The van der Waals surface area contributed by atoms with Crippen LogP contribution in [0.2, 0.25) is 0 Å². The maximum Gasteiger partial charge on any atom is 0.422 e. The molecule has 3 heterocycles. The number of pyridine rings is 1. The fourth-order valence-corrected chi connectivity index (χ4v) is 2.85. The number of alkyl halides is 3. The minimum Gasteiger partial charge on any atom is -0.479 e. The van der Waals surface area contributed by atoms with Gasteiger partial charge in [0.15, 0.2) is 0 Å². The molecular formula is C15H17F3N4O2. The first-order valence-corrected chi connectivity index (χ1v) is 7.57. The first-order chi connectivity index (χ1) is 11.3. The van der Waals surface area contributed by atoms with E-state index in [1.165, 1.54) is 0 Å². The highest BCUT2D eigenvalue weighted by Gasteiger charge is 2.62. The molecule has 3 rings (SSSR count). The Morgan fingerprint density at radius 2 is 2.04 bits per heavy atom. The zero-order chi connectivity index (χ0) is 17.4. The van der Waals surface area contributed by atoms with Crippen molar-refractivity contribution in [2.75, 3.05) is 18.0 Å². The first-order valence-electron chi connectivity index (χ1n) is 7.57. The standard InChI is InChI=1S/C15H17F3N4O2/c16-15(17,18)14(13(23)24)6-9-22(20-14)10-11-4-3-5-12(19-11)21-7-1-2-8-21/h3-6,9,20H,1-2,7-8,10H2,(H,23,24). The van der Waals surface area contributed by atoms with Crippen molar-refractivity contribution in [3.63, 3.8) is 0 Å². The maximum atomic E-state index is 13.1. The molecule has 0 aromatic carbocycles. The molecule has 0 bridgehead atoms. The summed E-state index contributed by atoms with van der Waals surface area (Å²) in [4.78, 5) is 17.7. The van der Waals surface area contributed by atoms with Gasteiger partial charge in [-0.15, -0.1) is 0 Å². The Hall–Kier alpha value is -2.29. The number of hydrogen-bond acceptors (Lipinski definition) is 5. The monoisotopic (exact) mass is 342 g/mol. The van der Waals surface area contributed by atoms with Crippen LogP contribution in [-0.2, 0) is 11.3 Å². The number of carboxylic acids is 1. The second-order valence-electron chi connectivity index (χ2n) is 5.85. The van der Waals surface area contributed by atoms with Crippen LogP contribution in [-0.4, -0.2) is 45.9 Å². The van der Waals surface area contributed by atoms with Crippen LogP contribution in [0.3, 0.4) is 0 Å². The molecule has 0 saturated carbocycles. The van der Waals surface area contributed by atoms with Crippen LogP contribution in [0.5, 0.6) is 0 Å². The van der Waals surface area contributed by atoms with Crippen LogP contribution in [0.25, 0.3) is 0 Å². The number of carboxylic acid groups (broad SMARTS) is 1. The number of nitrogens with one attached hydrogen (secondary N) is 1. The largest absolute Gasteiger partial charge is 0.479 e. The highest BCUT2D eigenvalue weighted by molar-refractivity contribution is 5.83. The van der Waals surface area contributed by atoms with Crippen LogP contribution in [0.4, 0.5) is 19.0 Å². The summed E-state index contributed by atoms with van der Waals surface area (Å²) < 4.78 is 39.3. The van der Waals surface area contributed by atoms with Crippen LogP contribution < -0.4 is 10.3 Å². The third kappa shape index (κ3) is 2.91. The summed E-state index contributed by atoms with van der Waals surface area (Å²) in [6.07, 6.45) is -1.07. The van der Waals surface area contributed by atoms with Gasteiger partial charge in [-0.2, -0.15) is 13.2 Å². The summed E-state index contributed by atoms with van der Waals surface area (Å²) in [7, 11) is 0. The predicted molar refractivity (Wildman–Crippen MR) is 79.9 cm³/mol. The van der Waals surface area contributed by atoms with Crippen molar-refractivity contribution in [1.29, 1.82) is 0 Å². The van der Waals surface area contributed by atoms with E-state index in [4.69, 9.17) is 5.11 Å². The second-order valence-corrected chi connectivity index (χ2v) is 5.85. The van der Waals surface area contributed by atoms with E-state index in [0.29, 0.717) is 11.8 Å². The summed E-state index contributed by atoms with van der Waals surface area (Å²) >= 11 is 0. The fraction of sp³-hybridized carbons (Fsp3) is 0.467. The Kier molecular flexibility index (Phi) is 4.12. The molecule has 1 saturated heterocycles. The summed E-state index contributed by atoms with van der Waals surface area (Å²) in [6.45, 7) is 1.85. The molecule has 1 aromatic heterocycles. The normalized spacial score (nSPS) is 24.0. The lowest BCUT2D eigenvalue weighted by molar-refractivity contribution is -0.203. The summed E-state index contributed by atoms with van der Waals surface area (Å²) in [5.74, 6) is -1.21. The second kappa shape index (κ2) is 5.97. The van der Waals surface area contributed by atoms with Crippen molar-refractivity contribution in [3.05, 3.63) is 36.2 Å². The van der Waals surface area contributed by atoms with Crippen molar-refractivity contribution >= 4 is 11.8 Å². The third-order valence-electron chi connectivity index (χ3n) is 4.16. The van der Waals surface area contributed by atoms with Gasteiger partial charge in [-0.05, 0) is 31.1 Å². The van der Waals surface area contributed by atoms with Gasteiger partial charge in [0.25, 0.3) is 0 Å². The van der Waals surface area contributed by atoms with Gasteiger partial charge >= 0.3 is 12.1 Å². The summed E-state index contributed by atoms with van der Waals surface area (Å²) in [6, 6.07) is 5.35. The van der Waals surface area contributed by atoms with Crippen LogP contribution in [0.1, 0.15) is 18.5 Å². The Labute approximate surface area is 136 Å². The Balaban J connectivity index is 1.73. The van der Waals surface area contributed by atoms with E-state index in [1.807, 2.05) is 11.5 Å². The maximum absolute atomic E-state index is 13.1. The highest BCUT2D eigenvalue weighted by atomic mass is 19.4. The minimum absolute atomic E-state index is 0.0310. The van der Waals surface area contributed by atoms with Gasteiger partial charge in [-0.1, -0.05) is 6.07 Å². The molecule has 6 nitrogen and oxygen atoms in total. The molecule has 1 fully saturated rings. The van der Waals surface area contributed by atoms with Crippen molar-refractivity contribution in [2.45, 2.75) is 31.1 Å². The number of aliphatic carboxylic acids is 1. The van der Waals surface area contributed by atoms with E-state index < -0.39 is 17.7 Å². The SMILES string of the molecule is O=C(O)C1(C(F)(F)F)C=CN(Cc2cccc(N3CCCC3)n2)N1. The fourth-order valence-electron chi connectivity index (χ4n) is 2.85. The van der Waals surface area contributed by atoms with Crippen molar-refractivity contribution in [1.82, 2.24) is 15.4 Å². The molecule has 0 amide bonds. The number of anilines is 1. The van der Waals surface area contributed by atoms with Gasteiger partial charge in [0.05, 0.1) is 12.2 Å². The zero-order valence-corrected chi connectivity index (χ0v) is 12.8. The predicted octanol–water partition coefficient (Wildman–Crippen LogP) is 1.90. The molecule has 0 aliphatic carbocycles. The number of hydrazine groups is 1. The summed E-state index contributed by atoms with van der Waals surface area (Å²) in [5.41, 5.74) is -0.517. The number of nitrogens with zero attached hydrogens (tertiary/aromatic N) is 3. The van der Waals surface area contributed by atoms with E-state index in [0.717, 1.165) is 43.0 Å². The molecule has 130 valence electrons. The van der Waals surface area contributed by atoms with E-state index in [9.17, 15) is 18.0 Å². The molecule has 1 aromatic rings. The number of halogens is 3. The lowest BCUT2D eigenvalue weighted by atomic mass is 10.0. The van der Waals surface area contributed by atoms with Crippen LogP contribution in [0, 0.1) is 0 Å². The van der Waals surface area contributed by atoms with E-state index in [2.05, 4.69) is 9.88 Å². The molecule has 0 radical (unpaired) electrons. The molecule has 2 aliphatic rings. The lowest BCUT2D eigenvalue weighted by Gasteiger charge is -2.29. The van der Waals surface area contributed by atoms with Gasteiger partial charge in [-0.25, -0.2) is 15.2 Å². The quantitative estimate of drug-likeness (QED) is 0.871. The summed E-state index contributed by atoms with van der Waals surface area (Å²) in [5, 5.41) is 10.1. The number of aromatic nitrogens is 1. The molecule has 24 heavy (non-hydrogen) atoms. The molecule has 1 atom stereocenters. The molecule has 2 N–H and O–H groups in total. The Morgan fingerprint density at radius 1 is 1.33 bits per heavy atom. The van der Waals surface area contributed by atoms with Gasteiger partial charge in [0.2, 0.25) is 5.54 Å². The van der Waals surface area contributed by atoms with E-state index in [1.54, 1.807) is 12.1 Å². The molecule has 2 aliphatic heterocycles. The number of rotatable bonds is 4. The van der Waals surface area contributed by atoms with Gasteiger partial charge in [0, 0.05) is 19.3 Å². The zero-order valence-electron chi connectivity index (χ0n) is 12.8. The average molecular weight is 342 g/mol. The molecule has 9 heteroatoms. The minimum atomic E-state index is -4.95. The molecule has 0 spiro atoms. The smallest absolute Gasteiger partial charge is 0.422 e. The number of hydrogen-bond donors (Lipinski definition) is 2. The van der Waals surface area contributed by atoms with Crippen molar-refractivity contribution < 1.29 is 23.1 Å². The van der Waals surface area contributed by atoms with Crippen molar-refractivity contribution in [2.24, 2.45) is 0 Å². The van der Waals surface area contributed by atoms with E-state index >= 15 is 0 Å². The first kappa shape index (κ1) is 16.6. The van der Waals surface area contributed by atoms with Gasteiger partial charge in [0.1, 0.15) is 5.82 Å². The van der Waals surface area contributed by atoms with Crippen LogP contribution >= 0.6 is 0 Å². The highest BCUT2D eigenvalue weighted by Crippen LogP contribution is 2.35. The average Bonchev–Trinajstić information content (AvgIpc) is 3.16. The van der Waals surface area contributed by atoms with Gasteiger partial charge < -0.3 is 15.0 Å². The lowest BCUT2D eigenvalue weighted by Crippen LogP contribution is -2.61. The van der Waals surface area contributed by atoms with Crippen LogP contribution in [0.15, 0.2) is 30.5 Å². The topological polar surface area (TPSA) is 68.7 Å². The molecular weight excluding hydrogens is 325 g/mol. The number of carbonyl (C=O) groups is 1. The Morgan fingerprint density at radius 3 is 2.62 bits per heavy atom. The molecule has 1 unspecified atom stereocenters. The Bertz CT molecular complexity index is 658. The van der Waals surface area contributed by atoms with Crippen molar-refractivity contribution in [3.8, 4) is 0 Å². The third-order valence-corrected chi connectivity index (χ3v) is 4.16.